The van der Waals surface area contributed by atoms with Crippen LogP contribution in [0.2, 0.25) is 0 Å². The first-order valence-corrected chi connectivity index (χ1v) is 3.52. The fraction of sp³-hybridized carbons (Fsp3) is 0.250. The second kappa shape index (κ2) is 3.94. The second-order valence-corrected chi connectivity index (χ2v) is 2.43. The number of hydrogen-bond acceptors (Lipinski definition) is 4. The lowest BCUT2D eigenvalue weighted by atomic mass is 10.1. The van der Waals surface area contributed by atoms with E-state index in [0.717, 1.165) is 12.3 Å². The van der Waals surface area contributed by atoms with Crippen LogP contribution in [0.3, 0.4) is 0 Å². The first kappa shape index (κ1) is 9.58. The number of pyridine rings is 1. The molecule has 1 aromatic heterocycles. The molecule has 0 fully saturated rings. The Balaban J connectivity index is 2.84. The van der Waals surface area contributed by atoms with Gasteiger partial charge < -0.3 is 10.2 Å². The number of aliphatic hydroxyl groups excluding tert-OH is 2. The molecule has 0 amide bonds. The van der Waals surface area contributed by atoms with Crippen LogP contribution >= 0.6 is 0 Å². The smallest absolute Gasteiger partial charge is 0.212 e. The Bertz CT molecular complexity index is 320. The van der Waals surface area contributed by atoms with E-state index in [1.807, 2.05) is 0 Å². The standard InChI is InChI=1S/C8H7FN2O2/c9-7-2-1-5(4-11-7)8(13)6(12)3-10/h1-2,4,6,8,12-13H. The highest BCUT2D eigenvalue weighted by atomic mass is 19.1. The third-order valence-corrected chi connectivity index (χ3v) is 1.52. The minimum absolute atomic E-state index is 0.204. The van der Waals surface area contributed by atoms with Crippen LogP contribution in [0.1, 0.15) is 11.7 Å². The van der Waals surface area contributed by atoms with Gasteiger partial charge in [0.15, 0.2) is 6.10 Å². The van der Waals surface area contributed by atoms with Crippen molar-refractivity contribution < 1.29 is 14.6 Å². The average Bonchev–Trinajstić information content (AvgIpc) is 2.17. The van der Waals surface area contributed by atoms with Gasteiger partial charge in [-0.3, -0.25) is 0 Å². The van der Waals surface area contributed by atoms with Crippen LogP contribution in [0.25, 0.3) is 0 Å². The van der Waals surface area contributed by atoms with Gasteiger partial charge >= 0.3 is 0 Å². The topological polar surface area (TPSA) is 77.1 Å². The molecule has 2 atom stereocenters. The average molecular weight is 182 g/mol. The van der Waals surface area contributed by atoms with Crippen LogP contribution < -0.4 is 0 Å². The van der Waals surface area contributed by atoms with Gasteiger partial charge in [0.1, 0.15) is 6.10 Å². The fourth-order valence-corrected chi connectivity index (χ4v) is 0.815. The number of hydrogen-bond donors (Lipinski definition) is 2. The minimum Gasteiger partial charge on any atom is -0.384 e. The molecule has 0 aliphatic carbocycles. The zero-order valence-electron chi connectivity index (χ0n) is 6.55. The van der Waals surface area contributed by atoms with Gasteiger partial charge in [-0.15, -0.1) is 0 Å². The summed E-state index contributed by atoms with van der Waals surface area (Å²) in [6.07, 6.45) is -1.80. The van der Waals surface area contributed by atoms with E-state index >= 15 is 0 Å². The summed E-state index contributed by atoms with van der Waals surface area (Å²) in [6.45, 7) is 0. The molecular weight excluding hydrogens is 175 g/mol. The Kier molecular flexibility index (Phi) is 2.90. The Morgan fingerprint density at radius 2 is 2.15 bits per heavy atom. The predicted octanol–water partition coefficient (Wildman–Crippen LogP) is 0.139. The summed E-state index contributed by atoms with van der Waals surface area (Å²) >= 11 is 0. The fourth-order valence-electron chi connectivity index (χ4n) is 0.815. The summed E-state index contributed by atoms with van der Waals surface area (Å²) in [6, 6.07) is 3.76. The van der Waals surface area contributed by atoms with Crippen LogP contribution in [0.4, 0.5) is 4.39 Å². The van der Waals surface area contributed by atoms with Crippen molar-refractivity contribution in [1.29, 1.82) is 5.26 Å². The summed E-state index contributed by atoms with van der Waals surface area (Å²) in [4.78, 5) is 3.27. The molecule has 1 aromatic rings. The second-order valence-electron chi connectivity index (χ2n) is 2.43. The lowest BCUT2D eigenvalue weighted by molar-refractivity contribution is 0.0525. The van der Waals surface area contributed by atoms with E-state index in [-0.39, 0.29) is 5.56 Å². The third kappa shape index (κ3) is 2.21. The number of halogens is 1. The van der Waals surface area contributed by atoms with Crippen molar-refractivity contribution in [2.75, 3.05) is 0 Å². The van der Waals surface area contributed by atoms with Gasteiger partial charge in [-0.25, -0.2) is 4.98 Å². The van der Waals surface area contributed by atoms with Crippen LogP contribution in [0.15, 0.2) is 18.3 Å². The van der Waals surface area contributed by atoms with Crippen molar-refractivity contribution in [1.82, 2.24) is 4.98 Å². The minimum atomic E-state index is -1.52. The van der Waals surface area contributed by atoms with Gasteiger partial charge in [-0.1, -0.05) is 6.07 Å². The Hall–Kier alpha value is -1.51. The van der Waals surface area contributed by atoms with E-state index in [1.54, 1.807) is 0 Å². The molecule has 5 heteroatoms. The predicted molar refractivity (Wildman–Crippen MR) is 40.8 cm³/mol. The van der Waals surface area contributed by atoms with Gasteiger partial charge in [0.25, 0.3) is 0 Å². The molecule has 0 spiro atoms. The number of nitrogens with zero attached hydrogens (tertiary/aromatic N) is 2. The van der Waals surface area contributed by atoms with Gasteiger partial charge in [-0.05, 0) is 6.07 Å². The molecule has 0 saturated heterocycles. The first-order valence-electron chi connectivity index (χ1n) is 3.52. The molecule has 0 aliphatic rings. The van der Waals surface area contributed by atoms with E-state index in [0.29, 0.717) is 0 Å². The Morgan fingerprint density at radius 3 is 2.62 bits per heavy atom. The Morgan fingerprint density at radius 1 is 1.46 bits per heavy atom. The lowest BCUT2D eigenvalue weighted by Gasteiger charge is -2.10. The molecule has 0 aromatic carbocycles. The normalized spacial score (nSPS) is 14.6. The maximum Gasteiger partial charge on any atom is 0.212 e. The highest BCUT2D eigenvalue weighted by Crippen LogP contribution is 2.15. The van der Waals surface area contributed by atoms with Gasteiger partial charge in [-0.2, -0.15) is 9.65 Å². The van der Waals surface area contributed by atoms with Gasteiger partial charge in [0.2, 0.25) is 5.95 Å². The molecule has 1 heterocycles. The highest BCUT2D eigenvalue weighted by molar-refractivity contribution is 5.16. The number of rotatable bonds is 2. The quantitative estimate of drug-likeness (QED) is 0.503. The molecule has 2 unspecified atom stereocenters. The Labute approximate surface area is 73.9 Å². The molecule has 0 aliphatic heterocycles. The number of aliphatic hydroxyl groups is 2. The van der Waals surface area contributed by atoms with E-state index in [4.69, 9.17) is 10.4 Å². The lowest BCUT2D eigenvalue weighted by Crippen LogP contribution is -2.15. The maximum atomic E-state index is 12.3. The monoisotopic (exact) mass is 182 g/mol. The highest BCUT2D eigenvalue weighted by Gasteiger charge is 2.17. The zero-order chi connectivity index (χ0) is 9.84. The third-order valence-electron chi connectivity index (χ3n) is 1.52. The molecule has 1 rings (SSSR count). The van der Waals surface area contributed by atoms with Crippen LogP contribution in [-0.4, -0.2) is 21.3 Å². The number of nitriles is 1. The van der Waals surface area contributed by atoms with Crippen molar-refractivity contribution in [2.24, 2.45) is 0 Å². The van der Waals surface area contributed by atoms with Crippen LogP contribution in [0.5, 0.6) is 0 Å². The molecule has 4 nitrogen and oxygen atoms in total. The van der Waals surface area contributed by atoms with Crippen molar-refractivity contribution in [2.45, 2.75) is 12.2 Å². The SMILES string of the molecule is N#CC(O)C(O)c1ccc(F)nc1. The molecular formula is C8H7FN2O2. The number of aromatic nitrogens is 1. The summed E-state index contributed by atoms with van der Waals surface area (Å²) < 4.78 is 12.3. The molecule has 0 saturated carbocycles. The van der Waals surface area contributed by atoms with E-state index in [9.17, 15) is 9.50 Å². The van der Waals surface area contributed by atoms with Crippen molar-refractivity contribution >= 4 is 0 Å². The van der Waals surface area contributed by atoms with Gasteiger partial charge in [0.05, 0.1) is 6.07 Å². The van der Waals surface area contributed by atoms with Crippen molar-refractivity contribution in [3.05, 3.63) is 29.8 Å². The van der Waals surface area contributed by atoms with Crippen LogP contribution in [-0.2, 0) is 0 Å². The largest absolute Gasteiger partial charge is 0.384 e. The van der Waals surface area contributed by atoms with Crippen molar-refractivity contribution in [3.8, 4) is 6.07 Å². The van der Waals surface area contributed by atoms with Crippen molar-refractivity contribution in [3.63, 3.8) is 0 Å². The first-order chi connectivity index (χ1) is 6.15. The van der Waals surface area contributed by atoms with E-state index in [1.165, 1.54) is 12.1 Å². The summed E-state index contributed by atoms with van der Waals surface area (Å²) in [5.74, 6) is -0.678. The van der Waals surface area contributed by atoms with Crippen LogP contribution in [0, 0.1) is 17.3 Å². The van der Waals surface area contributed by atoms with Gasteiger partial charge in [0, 0.05) is 11.8 Å². The summed E-state index contributed by atoms with van der Waals surface area (Å²) in [5.41, 5.74) is 0.204. The van der Waals surface area contributed by atoms with E-state index < -0.39 is 18.2 Å². The molecule has 0 radical (unpaired) electrons. The molecule has 2 N–H and O–H groups in total. The summed E-state index contributed by atoms with van der Waals surface area (Å²) in [7, 11) is 0. The summed E-state index contributed by atoms with van der Waals surface area (Å²) in [5, 5.41) is 26.4. The molecule has 0 bridgehead atoms. The molecule has 68 valence electrons. The zero-order valence-corrected chi connectivity index (χ0v) is 6.55. The van der Waals surface area contributed by atoms with E-state index in [2.05, 4.69) is 4.98 Å². The molecule has 13 heavy (non-hydrogen) atoms. The maximum absolute atomic E-state index is 12.3.